The molecule has 2 aromatic rings. The molecule has 0 bridgehead atoms. The van der Waals surface area contributed by atoms with E-state index in [4.69, 9.17) is 0 Å². The number of hydrogen-bond donors (Lipinski definition) is 1. The van der Waals surface area contributed by atoms with Crippen LogP contribution < -0.4 is 5.32 Å². The van der Waals surface area contributed by atoms with Gasteiger partial charge in [-0.3, -0.25) is 9.69 Å². The Bertz CT molecular complexity index is 838. The van der Waals surface area contributed by atoms with E-state index in [1.54, 1.807) is 18.2 Å². The summed E-state index contributed by atoms with van der Waals surface area (Å²) in [6.45, 7) is 2.03. The lowest BCUT2D eigenvalue weighted by molar-refractivity contribution is -0.137. The van der Waals surface area contributed by atoms with Gasteiger partial charge in [0.05, 0.1) is 11.3 Å². The Morgan fingerprint density at radius 2 is 1.93 bits per heavy atom. The Labute approximate surface area is 167 Å². The molecule has 1 atom stereocenters. The average molecular weight is 408 g/mol. The van der Waals surface area contributed by atoms with E-state index in [1.807, 2.05) is 0 Å². The van der Waals surface area contributed by atoms with E-state index in [2.05, 4.69) is 10.2 Å². The summed E-state index contributed by atoms with van der Waals surface area (Å²) >= 11 is 0. The first-order valence-corrected chi connectivity index (χ1v) is 9.74. The van der Waals surface area contributed by atoms with Crippen LogP contribution in [0.4, 0.5) is 23.2 Å². The molecule has 156 valence electrons. The van der Waals surface area contributed by atoms with Gasteiger partial charge < -0.3 is 5.32 Å². The van der Waals surface area contributed by atoms with Crippen LogP contribution in [-0.2, 0) is 17.5 Å². The second-order valence-corrected chi connectivity index (χ2v) is 7.51. The first kappa shape index (κ1) is 21.3. The van der Waals surface area contributed by atoms with Gasteiger partial charge in [0.2, 0.25) is 5.91 Å². The van der Waals surface area contributed by atoms with Crippen LogP contribution >= 0.6 is 0 Å². The Hall–Kier alpha value is -2.41. The SMILES string of the molecule is O=C(CC[C@H]1CCCN(Cc2cccc(C(F)(F)F)c2)C1)Nc1ccccc1F. The maximum atomic E-state index is 13.6. The molecule has 0 radical (unpaired) electrons. The highest BCUT2D eigenvalue weighted by atomic mass is 19.4. The lowest BCUT2D eigenvalue weighted by Crippen LogP contribution is -2.35. The maximum Gasteiger partial charge on any atom is 0.416 e. The van der Waals surface area contributed by atoms with Gasteiger partial charge in [0.15, 0.2) is 0 Å². The fourth-order valence-corrected chi connectivity index (χ4v) is 3.75. The van der Waals surface area contributed by atoms with Gasteiger partial charge in [-0.1, -0.05) is 30.3 Å². The van der Waals surface area contributed by atoms with Crippen molar-refractivity contribution in [2.45, 2.75) is 38.4 Å². The lowest BCUT2D eigenvalue weighted by Gasteiger charge is -2.32. The summed E-state index contributed by atoms with van der Waals surface area (Å²) in [5.41, 5.74) is 0.179. The zero-order valence-corrected chi connectivity index (χ0v) is 16.0. The second kappa shape index (κ2) is 9.39. The number of nitrogens with one attached hydrogen (secondary N) is 1. The van der Waals surface area contributed by atoms with E-state index in [-0.39, 0.29) is 18.0 Å². The predicted molar refractivity (Wildman–Crippen MR) is 104 cm³/mol. The van der Waals surface area contributed by atoms with Gasteiger partial charge in [-0.15, -0.1) is 0 Å². The lowest BCUT2D eigenvalue weighted by atomic mass is 9.93. The highest BCUT2D eigenvalue weighted by Crippen LogP contribution is 2.30. The largest absolute Gasteiger partial charge is 0.416 e. The van der Waals surface area contributed by atoms with Crippen molar-refractivity contribution in [2.75, 3.05) is 18.4 Å². The molecule has 0 saturated carbocycles. The quantitative estimate of drug-likeness (QED) is 0.643. The smallest absolute Gasteiger partial charge is 0.324 e. The highest BCUT2D eigenvalue weighted by Gasteiger charge is 2.30. The van der Waals surface area contributed by atoms with Crippen LogP contribution in [0.3, 0.4) is 0 Å². The van der Waals surface area contributed by atoms with Crippen LogP contribution in [0, 0.1) is 11.7 Å². The summed E-state index contributed by atoms with van der Waals surface area (Å²) in [5.74, 6) is -0.406. The molecule has 1 aliphatic rings. The van der Waals surface area contributed by atoms with E-state index >= 15 is 0 Å². The van der Waals surface area contributed by atoms with Crippen molar-refractivity contribution in [3.8, 4) is 0 Å². The van der Waals surface area contributed by atoms with Gasteiger partial charge in [0.1, 0.15) is 5.82 Å². The monoisotopic (exact) mass is 408 g/mol. The molecule has 0 spiro atoms. The van der Waals surface area contributed by atoms with E-state index in [0.29, 0.717) is 24.4 Å². The van der Waals surface area contributed by atoms with Crippen molar-refractivity contribution in [3.63, 3.8) is 0 Å². The number of nitrogens with zero attached hydrogens (tertiary/aromatic N) is 1. The number of benzene rings is 2. The molecule has 3 nitrogen and oxygen atoms in total. The number of carbonyl (C=O) groups excluding carboxylic acids is 1. The predicted octanol–water partition coefficient (Wildman–Crippen LogP) is 5.48. The molecule has 1 aliphatic heterocycles. The topological polar surface area (TPSA) is 32.3 Å². The molecule has 7 heteroatoms. The van der Waals surface area contributed by atoms with Crippen molar-refractivity contribution in [3.05, 3.63) is 65.5 Å². The molecule has 1 amide bonds. The molecule has 0 aromatic heterocycles. The van der Waals surface area contributed by atoms with E-state index in [1.165, 1.54) is 24.3 Å². The maximum absolute atomic E-state index is 13.6. The number of carbonyl (C=O) groups is 1. The third kappa shape index (κ3) is 6.29. The van der Waals surface area contributed by atoms with Crippen molar-refractivity contribution >= 4 is 11.6 Å². The summed E-state index contributed by atoms with van der Waals surface area (Å²) < 4.78 is 52.3. The van der Waals surface area contributed by atoms with Crippen molar-refractivity contribution in [1.29, 1.82) is 0 Å². The number of likely N-dealkylation sites (tertiary alicyclic amines) is 1. The van der Waals surface area contributed by atoms with Crippen molar-refractivity contribution < 1.29 is 22.4 Å². The number of halogens is 4. The Balaban J connectivity index is 1.49. The molecule has 0 unspecified atom stereocenters. The fraction of sp³-hybridized carbons (Fsp3) is 0.409. The van der Waals surface area contributed by atoms with Crippen LogP contribution in [0.1, 0.15) is 36.8 Å². The molecule has 1 heterocycles. The van der Waals surface area contributed by atoms with Crippen LogP contribution in [0.5, 0.6) is 0 Å². The molecule has 1 fully saturated rings. The molecular formula is C22H24F4N2O. The molecule has 1 N–H and O–H groups in total. The van der Waals surface area contributed by atoms with Gasteiger partial charge in [-0.25, -0.2) is 4.39 Å². The Morgan fingerprint density at radius 1 is 1.14 bits per heavy atom. The van der Waals surface area contributed by atoms with Crippen LogP contribution in [0.15, 0.2) is 48.5 Å². The molecule has 0 aliphatic carbocycles. The van der Waals surface area contributed by atoms with Crippen LogP contribution in [-0.4, -0.2) is 23.9 Å². The third-order valence-corrected chi connectivity index (χ3v) is 5.19. The molecule has 3 rings (SSSR count). The van der Waals surface area contributed by atoms with E-state index < -0.39 is 17.6 Å². The average Bonchev–Trinajstić information content (AvgIpc) is 2.68. The molecule has 29 heavy (non-hydrogen) atoms. The number of hydrogen-bond acceptors (Lipinski definition) is 2. The van der Waals surface area contributed by atoms with Crippen LogP contribution in [0.25, 0.3) is 0 Å². The number of piperidine rings is 1. The van der Waals surface area contributed by atoms with Crippen LogP contribution in [0.2, 0.25) is 0 Å². The third-order valence-electron chi connectivity index (χ3n) is 5.19. The van der Waals surface area contributed by atoms with Crippen molar-refractivity contribution in [2.24, 2.45) is 5.92 Å². The van der Waals surface area contributed by atoms with E-state index in [9.17, 15) is 22.4 Å². The Kier molecular flexibility index (Phi) is 6.90. The Morgan fingerprint density at radius 3 is 2.69 bits per heavy atom. The summed E-state index contributed by atoms with van der Waals surface area (Å²) in [7, 11) is 0. The summed E-state index contributed by atoms with van der Waals surface area (Å²) in [4.78, 5) is 14.3. The number of anilines is 1. The standard InChI is InChI=1S/C22H24F4N2O/c23-19-8-1-2-9-20(19)27-21(29)11-10-16-6-4-12-28(14-16)15-17-5-3-7-18(13-17)22(24,25)26/h1-3,5,7-9,13,16H,4,6,10-12,14-15H2,(H,27,29)/t16-/m1/s1. The molecule has 1 saturated heterocycles. The van der Waals surface area contributed by atoms with Gasteiger partial charge in [-0.2, -0.15) is 13.2 Å². The fourth-order valence-electron chi connectivity index (χ4n) is 3.75. The zero-order chi connectivity index (χ0) is 20.9. The summed E-state index contributed by atoms with van der Waals surface area (Å²) in [5, 5.41) is 2.59. The minimum atomic E-state index is -4.34. The number of para-hydroxylation sites is 1. The van der Waals surface area contributed by atoms with Gasteiger partial charge in [-0.05, 0) is 55.5 Å². The minimum absolute atomic E-state index is 0.173. The summed E-state index contributed by atoms with van der Waals surface area (Å²) in [6.07, 6.45) is -1.47. The first-order valence-electron chi connectivity index (χ1n) is 9.74. The van der Waals surface area contributed by atoms with Crippen molar-refractivity contribution in [1.82, 2.24) is 4.90 Å². The van der Waals surface area contributed by atoms with Gasteiger partial charge >= 0.3 is 6.18 Å². The minimum Gasteiger partial charge on any atom is -0.324 e. The molecular weight excluding hydrogens is 384 g/mol. The highest BCUT2D eigenvalue weighted by molar-refractivity contribution is 5.90. The van der Waals surface area contributed by atoms with E-state index in [0.717, 1.165) is 32.0 Å². The molecule has 2 aromatic carbocycles. The number of alkyl halides is 3. The van der Waals surface area contributed by atoms with Gasteiger partial charge in [0.25, 0.3) is 0 Å². The zero-order valence-electron chi connectivity index (χ0n) is 16.0. The first-order chi connectivity index (χ1) is 13.8. The number of rotatable bonds is 6. The van der Waals surface area contributed by atoms with Gasteiger partial charge in [0, 0.05) is 19.5 Å². The summed E-state index contributed by atoms with van der Waals surface area (Å²) in [6, 6.07) is 11.5. The number of amides is 1. The second-order valence-electron chi connectivity index (χ2n) is 7.51. The normalized spacial score (nSPS) is 17.9.